The van der Waals surface area contributed by atoms with Gasteiger partial charge in [0.15, 0.2) is 0 Å². The van der Waals surface area contributed by atoms with E-state index in [1.807, 2.05) is 6.92 Å². The van der Waals surface area contributed by atoms with Crippen LogP contribution in [-0.4, -0.2) is 11.4 Å². The summed E-state index contributed by atoms with van der Waals surface area (Å²) < 4.78 is 0. The van der Waals surface area contributed by atoms with Crippen LogP contribution in [0.2, 0.25) is 0 Å². The highest BCUT2D eigenvalue weighted by Crippen LogP contribution is 2.52. The van der Waals surface area contributed by atoms with E-state index in [2.05, 4.69) is 119 Å². The van der Waals surface area contributed by atoms with Gasteiger partial charge in [-0.1, -0.05) is 113 Å². The molecule has 0 aliphatic rings. The molecule has 2 heteroatoms. The molecular weight excluding hydrogens is 448 g/mol. The zero-order chi connectivity index (χ0) is 28.5. The molecular formula is C35H54N2. The van der Waals surface area contributed by atoms with Crippen molar-refractivity contribution in [2.75, 3.05) is 0 Å². The van der Waals surface area contributed by atoms with Gasteiger partial charge in [-0.2, -0.15) is 0 Å². The molecule has 0 aliphatic heterocycles. The Balaban J connectivity index is 3.24. The SMILES string of the molecule is CC(=N)CC(c1c(C(C)C)cccc1C(C)C)C(C)(C(=N)C(C)(C)C)c1c(C(C)C)cccc1C(C)C. The molecule has 0 radical (unpaired) electrons. The molecule has 0 heterocycles. The first-order chi connectivity index (χ1) is 17.0. The fourth-order valence-corrected chi connectivity index (χ4v) is 6.32. The van der Waals surface area contributed by atoms with Crippen LogP contribution in [0.1, 0.15) is 159 Å². The Morgan fingerprint density at radius 3 is 1.30 bits per heavy atom. The molecule has 2 atom stereocenters. The molecule has 2 aromatic rings. The Bertz CT molecular complexity index is 1060. The quantitative estimate of drug-likeness (QED) is 0.303. The van der Waals surface area contributed by atoms with Gasteiger partial charge in [0.2, 0.25) is 0 Å². The van der Waals surface area contributed by atoms with Crippen LogP contribution in [-0.2, 0) is 5.41 Å². The normalized spacial score (nSPS) is 14.9. The average molecular weight is 503 g/mol. The predicted molar refractivity (Wildman–Crippen MR) is 165 cm³/mol. The van der Waals surface area contributed by atoms with Gasteiger partial charge in [-0.25, -0.2) is 0 Å². The second-order valence-corrected chi connectivity index (χ2v) is 13.6. The highest BCUT2D eigenvalue weighted by Gasteiger charge is 2.48. The Kier molecular flexibility index (Phi) is 9.77. The van der Waals surface area contributed by atoms with E-state index < -0.39 is 5.41 Å². The molecule has 2 rings (SSSR count). The summed E-state index contributed by atoms with van der Waals surface area (Å²) in [7, 11) is 0. The van der Waals surface area contributed by atoms with E-state index in [0.717, 1.165) is 5.71 Å². The summed E-state index contributed by atoms with van der Waals surface area (Å²) in [6.45, 7) is 29.1. The summed E-state index contributed by atoms with van der Waals surface area (Å²) in [4.78, 5) is 0. The third kappa shape index (κ3) is 6.27. The van der Waals surface area contributed by atoms with Gasteiger partial charge in [0.05, 0.1) is 0 Å². The maximum Gasteiger partial charge on any atom is 0.0384 e. The summed E-state index contributed by atoms with van der Waals surface area (Å²) in [5.41, 5.74) is 8.63. The van der Waals surface area contributed by atoms with Gasteiger partial charge in [-0.05, 0) is 77.3 Å². The lowest BCUT2D eigenvalue weighted by atomic mass is 9.55. The van der Waals surface area contributed by atoms with Crippen LogP contribution in [0.25, 0.3) is 0 Å². The number of benzene rings is 2. The summed E-state index contributed by atoms with van der Waals surface area (Å²) in [6, 6.07) is 13.6. The monoisotopic (exact) mass is 502 g/mol. The van der Waals surface area contributed by atoms with E-state index in [1.165, 1.54) is 33.4 Å². The fraction of sp³-hybridized carbons (Fsp3) is 0.600. The predicted octanol–water partition coefficient (Wildman–Crippen LogP) is 10.7. The lowest BCUT2D eigenvalue weighted by Crippen LogP contribution is -2.47. The molecule has 0 amide bonds. The highest BCUT2D eigenvalue weighted by atomic mass is 14.6. The van der Waals surface area contributed by atoms with E-state index in [4.69, 9.17) is 5.41 Å². The average Bonchev–Trinajstić information content (AvgIpc) is 2.79. The molecule has 0 fully saturated rings. The van der Waals surface area contributed by atoms with Crippen molar-refractivity contribution in [1.29, 1.82) is 10.8 Å². The van der Waals surface area contributed by atoms with Crippen molar-refractivity contribution in [3.05, 3.63) is 69.8 Å². The minimum absolute atomic E-state index is 0.00914. The molecule has 0 spiro atoms. The minimum Gasteiger partial charge on any atom is -0.310 e. The van der Waals surface area contributed by atoms with Crippen LogP contribution in [0.4, 0.5) is 0 Å². The van der Waals surface area contributed by atoms with E-state index in [9.17, 15) is 5.41 Å². The van der Waals surface area contributed by atoms with Crippen LogP contribution in [0.5, 0.6) is 0 Å². The van der Waals surface area contributed by atoms with E-state index in [1.54, 1.807) is 0 Å². The molecule has 0 bridgehead atoms. The van der Waals surface area contributed by atoms with Gasteiger partial charge in [0.25, 0.3) is 0 Å². The zero-order valence-corrected chi connectivity index (χ0v) is 26.1. The fourth-order valence-electron chi connectivity index (χ4n) is 6.32. The van der Waals surface area contributed by atoms with Crippen LogP contribution in [0, 0.1) is 16.2 Å². The third-order valence-electron chi connectivity index (χ3n) is 8.13. The van der Waals surface area contributed by atoms with E-state index in [-0.39, 0.29) is 11.3 Å². The number of hydrogen-bond acceptors (Lipinski definition) is 2. The van der Waals surface area contributed by atoms with Crippen molar-refractivity contribution in [2.45, 2.75) is 131 Å². The van der Waals surface area contributed by atoms with Crippen LogP contribution in [0.3, 0.4) is 0 Å². The highest BCUT2D eigenvalue weighted by molar-refractivity contribution is 5.99. The van der Waals surface area contributed by atoms with Gasteiger partial charge in [-0.3, -0.25) is 0 Å². The van der Waals surface area contributed by atoms with Gasteiger partial charge in [0.1, 0.15) is 0 Å². The molecule has 0 saturated carbocycles. The Morgan fingerprint density at radius 2 is 1.00 bits per heavy atom. The second-order valence-electron chi connectivity index (χ2n) is 13.6. The topological polar surface area (TPSA) is 47.7 Å². The first kappa shape index (κ1) is 31.0. The summed E-state index contributed by atoms with van der Waals surface area (Å²) in [5.74, 6) is 1.39. The van der Waals surface area contributed by atoms with Gasteiger partial charge in [-0.15, -0.1) is 0 Å². The molecule has 2 unspecified atom stereocenters. The number of rotatable bonds is 10. The van der Waals surface area contributed by atoms with Crippen molar-refractivity contribution in [2.24, 2.45) is 5.41 Å². The van der Waals surface area contributed by atoms with Gasteiger partial charge < -0.3 is 10.8 Å². The third-order valence-corrected chi connectivity index (χ3v) is 8.13. The maximum absolute atomic E-state index is 9.92. The Labute approximate surface area is 228 Å². The molecule has 0 aromatic heterocycles. The lowest BCUT2D eigenvalue weighted by Gasteiger charge is -2.47. The first-order valence-corrected chi connectivity index (χ1v) is 14.4. The first-order valence-electron chi connectivity index (χ1n) is 14.4. The minimum atomic E-state index is -0.574. The Morgan fingerprint density at radius 1 is 0.649 bits per heavy atom. The molecule has 2 N–H and O–H groups in total. The van der Waals surface area contributed by atoms with Gasteiger partial charge >= 0.3 is 0 Å². The van der Waals surface area contributed by atoms with Crippen molar-refractivity contribution >= 4 is 11.4 Å². The summed E-state index contributed by atoms with van der Waals surface area (Å²) in [6.07, 6.45) is 0.641. The molecule has 2 aromatic carbocycles. The maximum atomic E-state index is 9.92. The van der Waals surface area contributed by atoms with Crippen molar-refractivity contribution in [3.63, 3.8) is 0 Å². The van der Waals surface area contributed by atoms with E-state index in [0.29, 0.717) is 35.8 Å². The van der Waals surface area contributed by atoms with Crippen LogP contribution < -0.4 is 0 Å². The number of hydrogen-bond donors (Lipinski definition) is 2. The second kappa shape index (κ2) is 11.7. The van der Waals surface area contributed by atoms with Crippen LogP contribution >= 0.6 is 0 Å². The molecule has 0 saturated heterocycles. The summed E-state index contributed by atoms with van der Waals surface area (Å²) >= 11 is 0. The zero-order valence-electron chi connectivity index (χ0n) is 26.1. The molecule has 204 valence electrons. The molecule has 0 aliphatic carbocycles. The van der Waals surface area contributed by atoms with Crippen molar-refractivity contribution < 1.29 is 0 Å². The van der Waals surface area contributed by atoms with Crippen molar-refractivity contribution in [1.82, 2.24) is 0 Å². The standard InChI is InChI=1S/C35H54N2/c1-21(2)26-16-14-17-27(22(3)4)31(26)30(20-25(9)36)35(13,33(37)34(10,11)12)32-28(23(5)6)18-15-19-29(32)24(7)8/h14-19,21-24,30,36-37H,20H2,1-13H3. The largest absolute Gasteiger partial charge is 0.310 e. The van der Waals surface area contributed by atoms with E-state index >= 15 is 0 Å². The summed E-state index contributed by atoms with van der Waals surface area (Å²) in [5, 5.41) is 18.7. The molecule has 37 heavy (non-hydrogen) atoms. The lowest BCUT2D eigenvalue weighted by molar-refractivity contribution is 0.427. The van der Waals surface area contributed by atoms with Crippen LogP contribution in [0.15, 0.2) is 36.4 Å². The van der Waals surface area contributed by atoms with Gasteiger partial charge in [0, 0.05) is 28.2 Å². The molecule has 2 nitrogen and oxygen atoms in total. The van der Waals surface area contributed by atoms with Crippen molar-refractivity contribution in [3.8, 4) is 0 Å². The Hall–Kier alpha value is -2.22. The number of nitrogens with one attached hydrogen (secondary N) is 2. The smallest absolute Gasteiger partial charge is 0.0384 e.